The number of rotatable bonds is 6. The number of fused-ring (bicyclic) bond motifs is 1. The number of sulfonamides is 1. The molecule has 5 nitrogen and oxygen atoms in total. The Labute approximate surface area is 141 Å². The van der Waals surface area contributed by atoms with Crippen molar-refractivity contribution in [3.05, 3.63) is 66.4 Å². The van der Waals surface area contributed by atoms with Crippen molar-refractivity contribution in [2.45, 2.75) is 18.4 Å². The summed E-state index contributed by atoms with van der Waals surface area (Å²) in [4.78, 5) is 11.4. The van der Waals surface area contributed by atoms with Gasteiger partial charge in [0.25, 0.3) is 0 Å². The van der Waals surface area contributed by atoms with Gasteiger partial charge < -0.3 is 4.57 Å². The van der Waals surface area contributed by atoms with Crippen molar-refractivity contribution < 1.29 is 13.2 Å². The molecule has 124 valence electrons. The molecule has 0 saturated carbocycles. The van der Waals surface area contributed by atoms with E-state index in [2.05, 4.69) is 4.72 Å². The van der Waals surface area contributed by atoms with E-state index in [1.165, 1.54) is 31.2 Å². The standard InChI is InChI=1S/C18H18N2O3S/c1-14(21)15-6-8-17(9-7-15)24(22,23)19-11-13-20-12-10-16-4-2-3-5-18(16)20/h2-10,12,19H,11,13H2,1H3. The molecule has 0 unspecified atom stereocenters. The summed E-state index contributed by atoms with van der Waals surface area (Å²) in [5.74, 6) is -0.0913. The second-order valence-electron chi connectivity index (χ2n) is 5.55. The van der Waals surface area contributed by atoms with E-state index in [0.29, 0.717) is 12.1 Å². The maximum absolute atomic E-state index is 12.3. The number of nitrogens with one attached hydrogen (secondary N) is 1. The maximum Gasteiger partial charge on any atom is 0.240 e. The lowest BCUT2D eigenvalue weighted by atomic mass is 10.2. The van der Waals surface area contributed by atoms with Crippen molar-refractivity contribution in [1.29, 1.82) is 0 Å². The third kappa shape index (κ3) is 3.39. The summed E-state index contributed by atoms with van der Waals surface area (Å²) >= 11 is 0. The molecule has 0 saturated heterocycles. The van der Waals surface area contributed by atoms with Gasteiger partial charge in [-0.05, 0) is 36.6 Å². The van der Waals surface area contributed by atoms with Crippen molar-refractivity contribution >= 4 is 26.7 Å². The van der Waals surface area contributed by atoms with Gasteiger partial charge in [-0.2, -0.15) is 0 Å². The minimum absolute atomic E-state index is 0.0913. The van der Waals surface area contributed by atoms with Crippen LogP contribution in [0.5, 0.6) is 0 Å². The molecule has 2 aromatic carbocycles. The van der Waals surface area contributed by atoms with Gasteiger partial charge in [0.1, 0.15) is 0 Å². The fourth-order valence-corrected chi connectivity index (χ4v) is 3.61. The van der Waals surface area contributed by atoms with Crippen LogP contribution in [-0.4, -0.2) is 25.3 Å². The number of hydrogen-bond acceptors (Lipinski definition) is 3. The van der Waals surface area contributed by atoms with Gasteiger partial charge in [-0.15, -0.1) is 0 Å². The number of carbonyl (C=O) groups is 1. The molecule has 0 atom stereocenters. The predicted octanol–water partition coefficient (Wildman–Crippen LogP) is 2.82. The van der Waals surface area contributed by atoms with Gasteiger partial charge in [-0.1, -0.05) is 30.3 Å². The zero-order valence-electron chi connectivity index (χ0n) is 13.3. The smallest absolute Gasteiger partial charge is 0.240 e. The highest BCUT2D eigenvalue weighted by molar-refractivity contribution is 7.89. The number of carbonyl (C=O) groups excluding carboxylic acids is 1. The first-order valence-corrected chi connectivity index (χ1v) is 9.10. The fraction of sp³-hybridized carbons (Fsp3) is 0.167. The van der Waals surface area contributed by atoms with Crippen LogP contribution in [0, 0.1) is 0 Å². The number of para-hydroxylation sites is 1. The summed E-state index contributed by atoms with van der Waals surface area (Å²) in [6.07, 6.45) is 1.95. The van der Waals surface area contributed by atoms with Crippen molar-refractivity contribution in [1.82, 2.24) is 9.29 Å². The third-order valence-corrected chi connectivity index (χ3v) is 5.37. The molecular weight excluding hydrogens is 324 g/mol. The zero-order valence-corrected chi connectivity index (χ0v) is 14.1. The molecule has 3 aromatic rings. The lowest BCUT2D eigenvalue weighted by Crippen LogP contribution is -2.27. The van der Waals surface area contributed by atoms with Crippen molar-refractivity contribution in [3.63, 3.8) is 0 Å². The summed E-state index contributed by atoms with van der Waals surface area (Å²) in [6, 6.07) is 15.9. The van der Waals surface area contributed by atoms with E-state index in [-0.39, 0.29) is 17.2 Å². The fourth-order valence-electron chi connectivity index (χ4n) is 2.59. The van der Waals surface area contributed by atoms with Crippen LogP contribution >= 0.6 is 0 Å². The van der Waals surface area contributed by atoms with Gasteiger partial charge >= 0.3 is 0 Å². The second-order valence-corrected chi connectivity index (χ2v) is 7.31. The number of ketones is 1. The first kappa shape index (κ1) is 16.4. The molecule has 24 heavy (non-hydrogen) atoms. The Hall–Kier alpha value is -2.44. The lowest BCUT2D eigenvalue weighted by Gasteiger charge is -2.09. The first-order chi connectivity index (χ1) is 11.5. The molecule has 1 heterocycles. The minimum atomic E-state index is -3.58. The topological polar surface area (TPSA) is 68.2 Å². The Kier molecular flexibility index (Phi) is 4.51. The molecule has 0 bridgehead atoms. The molecule has 0 spiro atoms. The predicted molar refractivity (Wildman–Crippen MR) is 93.6 cm³/mol. The maximum atomic E-state index is 12.3. The summed E-state index contributed by atoms with van der Waals surface area (Å²) in [6.45, 7) is 2.27. The van der Waals surface area contributed by atoms with Crippen LogP contribution in [0.4, 0.5) is 0 Å². The normalized spacial score (nSPS) is 11.7. The first-order valence-electron chi connectivity index (χ1n) is 7.62. The molecule has 0 aliphatic carbocycles. The molecule has 0 amide bonds. The van der Waals surface area contributed by atoms with E-state index in [1.807, 2.05) is 41.1 Å². The van der Waals surface area contributed by atoms with Crippen LogP contribution in [0.1, 0.15) is 17.3 Å². The largest absolute Gasteiger partial charge is 0.346 e. The Morgan fingerprint density at radius 3 is 2.46 bits per heavy atom. The molecule has 0 radical (unpaired) electrons. The molecule has 0 fully saturated rings. The van der Waals surface area contributed by atoms with E-state index in [1.54, 1.807) is 0 Å². The summed E-state index contributed by atoms with van der Waals surface area (Å²) < 4.78 is 29.2. The molecule has 6 heteroatoms. The molecule has 1 aromatic heterocycles. The highest BCUT2D eigenvalue weighted by Gasteiger charge is 2.14. The monoisotopic (exact) mass is 342 g/mol. The molecule has 3 rings (SSSR count). The quantitative estimate of drug-likeness (QED) is 0.701. The molecule has 0 aliphatic rings. The second kappa shape index (κ2) is 6.59. The van der Waals surface area contributed by atoms with E-state index >= 15 is 0 Å². The Morgan fingerprint density at radius 2 is 1.75 bits per heavy atom. The summed E-state index contributed by atoms with van der Waals surface area (Å²) in [7, 11) is -3.58. The Balaban J connectivity index is 1.68. The van der Waals surface area contributed by atoms with Gasteiger partial charge in [-0.25, -0.2) is 13.1 Å². The van der Waals surface area contributed by atoms with Crippen molar-refractivity contribution in [2.75, 3.05) is 6.54 Å². The van der Waals surface area contributed by atoms with Gasteiger partial charge in [0.15, 0.2) is 5.78 Å². The van der Waals surface area contributed by atoms with Crippen LogP contribution in [0.2, 0.25) is 0 Å². The summed E-state index contributed by atoms with van der Waals surface area (Å²) in [5, 5.41) is 1.13. The number of benzene rings is 2. The van der Waals surface area contributed by atoms with Gasteiger partial charge in [0, 0.05) is 30.4 Å². The highest BCUT2D eigenvalue weighted by Crippen LogP contribution is 2.15. The lowest BCUT2D eigenvalue weighted by molar-refractivity contribution is 0.101. The molecule has 0 aliphatic heterocycles. The Morgan fingerprint density at radius 1 is 1.04 bits per heavy atom. The highest BCUT2D eigenvalue weighted by atomic mass is 32.2. The van der Waals surface area contributed by atoms with Crippen LogP contribution in [0.25, 0.3) is 10.9 Å². The average molecular weight is 342 g/mol. The molecular formula is C18H18N2O3S. The number of aromatic nitrogens is 1. The van der Waals surface area contributed by atoms with Gasteiger partial charge in [0.2, 0.25) is 10.0 Å². The number of Topliss-reactive ketones (excluding diaryl/α,β-unsaturated/α-hetero) is 1. The van der Waals surface area contributed by atoms with Crippen molar-refractivity contribution in [3.8, 4) is 0 Å². The van der Waals surface area contributed by atoms with Gasteiger partial charge in [-0.3, -0.25) is 4.79 Å². The van der Waals surface area contributed by atoms with E-state index in [0.717, 1.165) is 10.9 Å². The van der Waals surface area contributed by atoms with Crippen molar-refractivity contribution in [2.24, 2.45) is 0 Å². The van der Waals surface area contributed by atoms with Crippen LogP contribution < -0.4 is 4.72 Å². The summed E-state index contributed by atoms with van der Waals surface area (Å²) in [5.41, 5.74) is 1.57. The number of hydrogen-bond donors (Lipinski definition) is 1. The minimum Gasteiger partial charge on any atom is -0.346 e. The van der Waals surface area contributed by atoms with E-state index < -0.39 is 10.0 Å². The van der Waals surface area contributed by atoms with E-state index in [4.69, 9.17) is 0 Å². The zero-order chi connectivity index (χ0) is 17.2. The number of nitrogens with zero attached hydrogens (tertiary/aromatic N) is 1. The van der Waals surface area contributed by atoms with Crippen LogP contribution in [-0.2, 0) is 16.6 Å². The van der Waals surface area contributed by atoms with E-state index in [9.17, 15) is 13.2 Å². The van der Waals surface area contributed by atoms with Crippen LogP contribution in [0.15, 0.2) is 65.7 Å². The van der Waals surface area contributed by atoms with Gasteiger partial charge in [0.05, 0.1) is 4.90 Å². The van der Waals surface area contributed by atoms with Crippen LogP contribution in [0.3, 0.4) is 0 Å². The average Bonchev–Trinajstić information content (AvgIpc) is 2.98. The third-order valence-electron chi connectivity index (χ3n) is 3.90. The Bertz CT molecular complexity index is 973. The SMILES string of the molecule is CC(=O)c1ccc(S(=O)(=O)NCCn2ccc3ccccc32)cc1. The molecule has 1 N–H and O–H groups in total.